The number of benzene rings is 1. The molecule has 0 spiro atoms. The molecule has 2 aliphatic rings. The molecule has 0 bridgehead atoms. The van der Waals surface area contributed by atoms with Gasteiger partial charge in [-0.25, -0.2) is 0 Å². The Morgan fingerprint density at radius 2 is 1.94 bits per heavy atom. The quantitative estimate of drug-likeness (QED) is 0.820. The minimum atomic E-state index is 0.301. The number of para-hydroxylation sites is 1. The van der Waals surface area contributed by atoms with Crippen LogP contribution in [0.4, 0.5) is 5.69 Å². The number of hydrogen-bond donors (Lipinski definition) is 1. The van der Waals surface area contributed by atoms with Gasteiger partial charge in [0.1, 0.15) is 0 Å². The lowest BCUT2D eigenvalue weighted by molar-refractivity contribution is -0.119. The van der Waals surface area contributed by atoms with Crippen LogP contribution in [0.2, 0.25) is 0 Å². The lowest BCUT2D eigenvalue weighted by atomic mass is 9.83. The van der Waals surface area contributed by atoms with Crippen LogP contribution in [0.3, 0.4) is 0 Å². The molecule has 96 valence electrons. The van der Waals surface area contributed by atoms with Gasteiger partial charge < -0.3 is 10.2 Å². The van der Waals surface area contributed by atoms with E-state index in [-0.39, 0.29) is 0 Å². The van der Waals surface area contributed by atoms with E-state index < -0.39 is 0 Å². The van der Waals surface area contributed by atoms with Crippen LogP contribution in [0.5, 0.6) is 0 Å². The van der Waals surface area contributed by atoms with Crippen molar-refractivity contribution in [2.24, 2.45) is 11.8 Å². The van der Waals surface area contributed by atoms with Gasteiger partial charge in [-0.2, -0.15) is 0 Å². The highest BCUT2D eigenvalue weighted by Gasteiger charge is 2.32. The lowest BCUT2D eigenvalue weighted by Crippen LogP contribution is -2.36. The maximum Gasteiger partial charge on any atom is 0.227 e. The summed E-state index contributed by atoms with van der Waals surface area (Å²) in [5.41, 5.74) is 1.05. The molecule has 0 aromatic heterocycles. The van der Waals surface area contributed by atoms with E-state index >= 15 is 0 Å². The van der Waals surface area contributed by atoms with Crippen molar-refractivity contribution in [3.8, 4) is 0 Å². The largest absolute Gasteiger partial charge is 0.316 e. The maximum absolute atomic E-state index is 12.4. The van der Waals surface area contributed by atoms with Crippen LogP contribution in [-0.4, -0.2) is 25.5 Å². The first-order valence-electron chi connectivity index (χ1n) is 6.91. The summed E-state index contributed by atoms with van der Waals surface area (Å²) in [6.07, 6.45) is 3.00. The summed E-state index contributed by atoms with van der Waals surface area (Å²) in [5.74, 6) is 1.57. The Balaban J connectivity index is 1.79. The van der Waals surface area contributed by atoms with Gasteiger partial charge in [0.15, 0.2) is 0 Å². The summed E-state index contributed by atoms with van der Waals surface area (Å²) < 4.78 is 0. The van der Waals surface area contributed by atoms with E-state index in [1.54, 1.807) is 0 Å². The van der Waals surface area contributed by atoms with Gasteiger partial charge in [-0.1, -0.05) is 18.2 Å². The van der Waals surface area contributed by atoms with Crippen LogP contribution < -0.4 is 10.2 Å². The fourth-order valence-corrected chi connectivity index (χ4v) is 3.22. The molecule has 1 N–H and O–H groups in total. The molecule has 3 heteroatoms. The van der Waals surface area contributed by atoms with E-state index in [2.05, 4.69) is 5.32 Å². The van der Waals surface area contributed by atoms with Gasteiger partial charge in [-0.3, -0.25) is 4.79 Å². The molecular formula is C15H20N2O. The Morgan fingerprint density at radius 3 is 2.78 bits per heavy atom. The van der Waals surface area contributed by atoms with Crippen molar-refractivity contribution in [2.75, 3.05) is 24.5 Å². The van der Waals surface area contributed by atoms with Gasteiger partial charge in [0.2, 0.25) is 5.91 Å². The maximum atomic E-state index is 12.4. The molecule has 2 aliphatic heterocycles. The minimum absolute atomic E-state index is 0.301. The van der Waals surface area contributed by atoms with Crippen molar-refractivity contribution in [1.82, 2.24) is 5.32 Å². The Bertz CT molecular complexity index is 418. The van der Waals surface area contributed by atoms with Gasteiger partial charge in [0, 0.05) is 18.7 Å². The number of nitrogens with zero attached hydrogens (tertiary/aromatic N) is 1. The summed E-state index contributed by atoms with van der Waals surface area (Å²) in [6.45, 7) is 3.02. The third-order valence-electron chi connectivity index (χ3n) is 4.29. The lowest BCUT2D eigenvalue weighted by Gasteiger charge is -2.29. The van der Waals surface area contributed by atoms with Crippen LogP contribution >= 0.6 is 0 Å². The topological polar surface area (TPSA) is 32.3 Å². The summed E-state index contributed by atoms with van der Waals surface area (Å²) >= 11 is 0. The normalized spacial score (nSPS) is 28.7. The van der Waals surface area contributed by atoms with Crippen molar-refractivity contribution in [3.05, 3.63) is 30.3 Å². The SMILES string of the molecule is O=C1C[C@@H]2CCNC[C@H]2CCN1c1ccccc1. The molecule has 2 saturated heterocycles. The molecule has 0 radical (unpaired) electrons. The number of hydrogen-bond acceptors (Lipinski definition) is 2. The van der Waals surface area contributed by atoms with Crippen LogP contribution in [0.25, 0.3) is 0 Å². The van der Waals surface area contributed by atoms with Crippen molar-refractivity contribution in [1.29, 1.82) is 0 Å². The smallest absolute Gasteiger partial charge is 0.227 e. The van der Waals surface area contributed by atoms with Gasteiger partial charge in [0.05, 0.1) is 0 Å². The molecule has 3 rings (SSSR count). The van der Waals surface area contributed by atoms with E-state index in [4.69, 9.17) is 0 Å². The fraction of sp³-hybridized carbons (Fsp3) is 0.533. The first-order chi connectivity index (χ1) is 8.84. The number of carbonyl (C=O) groups excluding carboxylic acids is 1. The Morgan fingerprint density at radius 1 is 1.11 bits per heavy atom. The average Bonchev–Trinajstić information content (AvgIpc) is 2.58. The molecule has 0 unspecified atom stereocenters. The second-order valence-electron chi connectivity index (χ2n) is 5.39. The molecular weight excluding hydrogens is 224 g/mol. The second-order valence-corrected chi connectivity index (χ2v) is 5.39. The first-order valence-corrected chi connectivity index (χ1v) is 6.91. The Hall–Kier alpha value is -1.35. The molecule has 3 nitrogen and oxygen atoms in total. The number of amides is 1. The van der Waals surface area contributed by atoms with E-state index in [1.807, 2.05) is 35.2 Å². The predicted octanol–water partition coefficient (Wildman–Crippen LogP) is 2.04. The predicted molar refractivity (Wildman–Crippen MR) is 72.5 cm³/mol. The highest BCUT2D eigenvalue weighted by molar-refractivity contribution is 5.93. The zero-order valence-electron chi connectivity index (χ0n) is 10.6. The first kappa shape index (κ1) is 11.7. The Kier molecular flexibility index (Phi) is 3.33. The fourth-order valence-electron chi connectivity index (χ4n) is 3.22. The van der Waals surface area contributed by atoms with Crippen LogP contribution in [0.15, 0.2) is 30.3 Å². The molecule has 0 aliphatic carbocycles. The number of carbonyl (C=O) groups is 1. The molecule has 1 amide bonds. The van der Waals surface area contributed by atoms with Crippen molar-refractivity contribution in [2.45, 2.75) is 19.3 Å². The number of rotatable bonds is 1. The molecule has 2 fully saturated rings. The number of nitrogens with one attached hydrogen (secondary N) is 1. The molecule has 2 atom stereocenters. The van der Waals surface area contributed by atoms with Crippen LogP contribution in [-0.2, 0) is 4.79 Å². The summed E-state index contributed by atoms with van der Waals surface area (Å²) in [6, 6.07) is 10.1. The van der Waals surface area contributed by atoms with Crippen LogP contribution in [0.1, 0.15) is 19.3 Å². The second kappa shape index (κ2) is 5.11. The molecule has 2 heterocycles. The molecule has 18 heavy (non-hydrogen) atoms. The van der Waals surface area contributed by atoms with E-state index in [1.165, 1.54) is 0 Å². The standard InChI is InChI=1S/C15H20N2O/c18-15-10-12-6-8-16-11-13(12)7-9-17(15)14-4-2-1-3-5-14/h1-5,12-13,16H,6-11H2/t12-,13+/m0/s1. The van der Waals surface area contributed by atoms with Crippen LogP contribution in [0, 0.1) is 11.8 Å². The zero-order valence-corrected chi connectivity index (χ0v) is 10.6. The molecule has 1 aromatic rings. The van der Waals surface area contributed by atoms with E-state index in [9.17, 15) is 4.79 Å². The monoisotopic (exact) mass is 244 g/mol. The summed E-state index contributed by atoms with van der Waals surface area (Å²) in [4.78, 5) is 14.3. The number of fused-ring (bicyclic) bond motifs is 1. The minimum Gasteiger partial charge on any atom is -0.316 e. The van der Waals surface area contributed by atoms with Crippen molar-refractivity contribution in [3.63, 3.8) is 0 Å². The summed E-state index contributed by atoms with van der Waals surface area (Å²) in [7, 11) is 0. The van der Waals surface area contributed by atoms with Gasteiger partial charge >= 0.3 is 0 Å². The van der Waals surface area contributed by atoms with Crippen molar-refractivity contribution >= 4 is 11.6 Å². The van der Waals surface area contributed by atoms with Gasteiger partial charge in [-0.05, 0) is 49.9 Å². The highest BCUT2D eigenvalue weighted by atomic mass is 16.2. The van der Waals surface area contributed by atoms with Crippen molar-refractivity contribution < 1.29 is 4.79 Å². The average molecular weight is 244 g/mol. The third kappa shape index (κ3) is 2.27. The zero-order chi connectivity index (χ0) is 12.4. The van der Waals surface area contributed by atoms with E-state index in [0.717, 1.165) is 44.6 Å². The molecule has 1 aromatic carbocycles. The summed E-state index contributed by atoms with van der Waals surface area (Å²) in [5, 5.41) is 3.45. The Labute approximate surface area is 108 Å². The number of piperidine rings is 1. The van der Waals surface area contributed by atoms with E-state index in [0.29, 0.717) is 17.7 Å². The van der Waals surface area contributed by atoms with Gasteiger partial charge in [-0.15, -0.1) is 0 Å². The third-order valence-corrected chi connectivity index (χ3v) is 4.29. The molecule has 0 saturated carbocycles. The van der Waals surface area contributed by atoms with Gasteiger partial charge in [0.25, 0.3) is 0 Å². The number of anilines is 1. The highest BCUT2D eigenvalue weighted by Crippen LogP contribution is 2.31.